The van der Waals surface area contributed by atoms with Gasteiger partial charge in [0.2, 0.25) is 0 Å². The van der Waals surface area contributed by atoms with Gasteiger partial charge >= 0.3 is 17.8 Å². The molecule has 0 unspecified atom stereocenters. The molecule has 0 spiro atoms. The van der Waals surface area contributed by atoms with Gasteiger partial charge in [0.25, 0.3) is 0 Å². The topological polar surface area (TPSA) is 83.7 Å². The van der Waals surface area contributed by atoms with Gasteiger partial charge in [-0.2, -0.15) is 0 Å². The molecule has 0 radical (unpaired) electrons. The van der Waals surface area contributed by atoms with Crippen molar-refractivity contribution in [2.24, 2.45) is 11.1 Å². The number of hydrogen-bond donors (Lipinski definition) is 1. The first kappa shape index (κ1) is 13.6. The van der Waals surface area contributed by atoms with Crippen LogP contribution in [0.1, 0.15) is 26.7 Å². The summed E-state index contributed by atoms with van der Waals surface area (Å²) in [5, 5.41) is 0. The fraction of sp³-hybridized carbons (Fsp3) is 0.727. The first-order chi connectivity index (χ1) is 7.80. The third-order valence-electron chi connectivity index (χ3n) is 3.04. The van der Waals surface area contributed by atoms with Crippen molar-refractivity contribution >= 4 is 17.8 Å². The van der Waals surface area contributed by atoms with Crippen LogP contribution in [0.5, 0.6) is 0 Å². The van der Waals surface area contributed by atoms with Crippen molar-refractivity contribution in [3.63, 3.8) is 0 Å². The lowest BCUT2D eigenvalue weighted by Gasteiger charge is -2.23. The summed E-state index contributed by atoms with van der Waals surface area (Å²) in [5.74, 6) is -1.49. The molecule has 6 nitrogen and oxygen atoms in total. The summed E-state index contributed by atoms with van der Waals surface area (Å²) in [7, 11) is 1.31. The Morgan fingerprint density at radius 1 is 1.18 bits per heavy atom. The molecule has 17 heavy (non-hydrogen) atoms. The maximum absolute atomic E-state index is 11.5. The summed E-state index contributed by atoms with van der Waals surface area (Å²) in [6, 6.07) is -0.537. The van der Waals surface area contributed by atoms with Crippen molar-refractivity contribution in [2.45, 2.75) is 26.7 Å². The van der Waals surface area contributed by atoms with Crippen molar-refractivity contribution in [1.29, 1.82) is 0 Å². The quantitative estimate of drug-likeness (QED) is 0.549. The van der Waals surface area contributed by atoms with Crippen LogP contribution in [-0.4, -0.2) is 47.8 Å². The van der Waals surface area contributed by atoms with E-state index in [1.165, 1.54) is 7.05 Å². The summed E-state index contributed by atoms with van der Waals surface area (Å²) in [5.41, 5.74) is 5.58. The highest BCUT2D eigenvalue weighted by molar-refractivity contribution is 6.44. The van der Waals surface area contributed by atoms with Crippen molar-refractivity contribution < 1.29 is 14.4 Å². The average Bonchev–Trinajstić information content (AvgIpc) is 2.46. The number of imide groups is 2. The fourth-order valence-corrected chi connectivity index (χ4v) is 1.63. The summed E-state index contributed by atoms with van der Waals surface area (Å²) in [6.07, 6.45) is 1.46. The Morgan fingerprint density at radius 2 is 1.76 bits per heavy atom. The number of urea groups is 1. The Kier molecular flexibility index (Phi) is 3.87. The second-order valence-corrected chi connectivity index (χ2v) is 5.08. The number of hydrogen-bond acceptors (Lipinski definition) is 4. The molecule has 1 fully saturated rings. The number of carbonyl (C=O) groups is 3. The molecule has 4 amide bonds. The lowest BCUT2D eigenvalue weighted by atomic mass is 9.88. The van der Waals surface area contributed by atoms with E-state index in [0.29, 0.717) is 13.0 Å². The maximum atomic E-state index is 11.5. The summed E-state index contributed by atoms with van der Waals surface area (Å²) < 4.78 is 0. The van der Waals surface area contributed by atoms with Crippen molar-refractivity contribution in [3.05, 3.63) is 0 Å². The molecular formula is C11H19N3O3. The number of carbonyl (C=O) groups excluding carboxylic acids is 3. The lowest BCUT2D eigenvalue weighted by Crippen LogP contribution is -2.33. The third kappa shape index (κ3) is 2.82. The minimum atomic E-state index is -0.756. The monoisotopic (exact) mass is 241 g/mol. The lowest BCUT2D eigenvalue weighted by molar-refractivity contribution is -0.142. The van der Waals surface area contributed by atoms with Gasteiger partial charge < -0.3 is 5.73 Å². The second kappa shape index (κ2) is 4.83. The number of rotatable bonds is 5. The molecule has 1 heterocycles. The molecule has 96 valence electrons. The number of nitrogens with zero attached hydrogens (tertiary/aromatic N) is 2. The molecule has 0 saturated carbocycles. The highest BCUT2D eigenvalue weighted by Gasteiger charge is 2.41. The SMILES string of the molecule is CN1C(=O)C(=O)N(CCCC(C)(C)CN)C1=O. The molecule has 1 rings (SSSR count). The molecule has 2 N–H and O–H groups in total. The largest absolute Gasteiger partial charge is 0.333 e. The Hall–Kier alpha value is -1.43. The van der Waals surface area contributed by atoms with E-state index < -0.39 is 17.8 Å². The zero-order chi connectivity index (χ0) is 13.2. The van der Waals surface area contributed by atoms with Crippen LogP contribution in [0.25, 0.3) is 0 Å². The zero-order valence-electron chi connectivity index (χ0n) is 10.5. The Bertz CT molecular complexity index is 352. The summed E-state index contributed by atoms with van der Waals surface area (Å²) >= 11 is 0. The first-order valence-electron chi connectivity index (χ1n) is 5.64. The number of nitrogens with two attached hydrogens (primary N) is 1. The minimum Gasteiger partial charge on any atom is -0.330 e. The van der Waals surface area contributed by atoms with E-state index in [1.807, 2.05) is 13.8 Å². The van der Waals surface area contributed by atoms with Gasteiger partial charge in [-0.1, -0.05) is 13.8 Å². The predicted octanol–water partition coefficient (Wildman–Crippen LogP) is 0.172. The van der Waals surface area contributed by atoms with Gasteiger partial charge in [-0.3, -0.25) is 19.4 Å². The highest BCUT2D eigenvalue weighted by Crippen LogP contribution is 2.21. The van der Waals surface area contributed by atoms with Crippen LogP contribution in [0.2, 0.25) is 0 Å². The molecule has 0 aromatic carbocycles. The number of likely N-dealkylation sites (N-methyl/N-ethyl adjacent to an activating group) is 1. The van der Waals surface area contributed by atoms with Gasteiger partial charge in [-0.15, -0.1) is 0 Å². The van der Waals surface area contributed by atoms with Crippen molar-refractivity contribution in [1.82, 2.24) is 9.80 Å². The van der Waals surface area contributed by atoms with E-state index in [9.17, 15) is 14.4 Å². The van der Waals surface area contributed by atoms with Crippen LogP contribution in [0.4, 0.5) is 4.79 Å². The molecule has 0 aliphatic carbocycles. The van der Waals surface area contributed by atoms with Crippen LogP contribution < -0.4 is 5.73 Å². The van der Waals surface area contributed by atoms with E-state index in [1.54, 1.807) is 0 Å². The van der Waals surface area contributed by atoms with Gasteiger partial charge in [-0.25, -0.2) is 4.79 Å². The van der Waals surface area contributed by atoms with Gasteiger partial charge in [0.1, 0.15) is 0 Å². The van der Waals surface area contributed by atoms with Crippen LogP contribution in [0.15, 0.2) is 0 Å². The van der Waals surface area contributed by atoms with E-state index in [4.69, 9.17) is 5.73 Å². The van der Waals surface area contributed by atoms with Crippen LogP contribution in [0, 0.1) is 5.41 Å². The normalized spacial score (nSPS) is 17.3. The van der Waals surface area contributed by atoms with Gasteiger partial charge in [0.15, 0.2) is 0 Å². The predicted molar refractivity (Wildman–Crippen MR) is 61.9 cm³/mol. The highest BCUT2D eigenvalue weighted by atomic mass is 16.2. The van der Waals surface area contributed by atoms with Crippen LogP contribution in [0.3, 0.4) is 0 Å². The number of amides is 4. The van der Waals surface area contributed by atoms with E-state index in [2.05, 4.69) is 0 Å². The smallest absolute Gasteiger partial charge is 0.330 e. The standard InChI is InChI=1S/C11H19N3O3/c1-11(2,7-12)5-4-6-14-9(16)8(15)13(3)10(14)17/h4-7,12H2,1-3H3. The minimum absolute atomic E-state index is 0.0122. The molecule has 6 heteroatoms. The third-order valence-corrected chi connectivity index (χ3v) is 3.04. The fourth-order valence-electron chi connectivity index (χ4n) is 1.63. The Labute approximate surface area is 101 Å². The molecule has 1 aliphatic heterocycles. The van der Waals surface area contributed by atoms with Crippen molar-refractivity contribution in [2.75, 3.05) is 20.1 Å². The van der Waals surface area contributed by atoms with Crippen molar-refractivity contribution in [3.8, 4) is 0 Å². The molecule has 1 aliphatic rings. The van der Waals surface area contributed by atoms with Gasteiger partial charge in [0, 0.05) is 13.6 Å². The van der Waals surface area contributed by atoms with Crippen LogP contribution >= 0.6 is 0 Å². The molecule has 0 atom stereocenters. The maximum Gasteiger partial charge on any atom is 0.333 e. The van der Waals surface area contributed by atoms with Gasteiger partial charge in [0.05, 0.1) is 0 Å². The average molecular weight is 241 g/mol. The van der Waals surface area contributed by atoms with Crippen LogP contribution in [-0.2, 0) is 9.59 Å². The van der Waals surface area contributed by atoms with E-state index in [0.717, 1.165) is 16.2 Å². The van der Waals surface area contributed by atoms with E-state index in [-0.39, 0.29) is 12.0 Å². The molecule has 0 bridgehead atoms. The first-order valence-corrected chi connectivity index (χ1v) is 5.64. The second-order valence-electron chi connectivity index (χ2n) is 5.08. The zero-order valence-corrected chi connectivity index (χ0v) is 10.5. The van der Waals surface area contributed by atoms with E-state index >= 15 is 0 Å². The Balaban J connectivity index is 2.51. The summed E-state index contributed by atoms with van der Waals surface area (Å²) in [6.45, 7) is 4.88. The molecule has 1 saturated heterocycles. The molecule has 0 aromatic heterocycles. The Morgan fingerprint density at radius 3 is 2.18 bits per heavy atom. The molecular weight excluding hydrogens is 222 g/mol. The van der Waals surface area contributed by atoms with Gasteiger partial charge in [-0.05, 0) is 24.8 Å². The molecule has 0 aromatic rings. The summed E-state index contributed by atoms with van der Waals surface area (Å²) in [4.78, 5) is 36.1.